The SMILES string of the molecule is Nc1nccc(-c2ccco2)c1C(=O)c1cncs1. The smallest absolute Gasteiger partial charge is 0.209 e. The third kappa shape index (κ3) is 2.02. The van der Waals surface area contributed by atoms with E-state index in [1.807, 2.05) is 0 Å². The molecule has 0 saturated heterocycles. The van der Waals surface area contributed by atoms with Crippen molar-refractivity contribution in [3.63, 3.8) is 0 Å². The maximum absolute atomic E-state index is 12.5. The Morgan fingerprint density at radius 2 is 2.26 bits per heavy atom. The number of nitrogens with two attached hydrogens (primary N) is 1. The summed E-state index contributed by atoms with van der Waals surface area (Å²) < 4.78 is 5.33. The van der Waals surface area contributed by atoms with E-state index < -0.39 is 0 Å². The Hall–Kier alpha value is -2.47. The van der Waals surface area contributed by atoms with Gasteiger partial charge in [0.15, 0.2) is 0 Å². The number of rotatable bonds is 3. The van der Waals surface area contributed by atoms with E-state index >= 15 is 0 Å². The summed E-state index contributed by atoms with van der Waals surface area (Å²) in [6.07, 6.45) is 4.62. The highest BCUT2D eigenvalue weighted by Crippen LogP contribution is 2.29. The van der Waals surface area contributed by atoms with Crippen LogP contribution in [-0.4, -0.2) is 15.8 Å². The first-order chi connectivity index (χ1) is 9.27. The van der Waals surface area contributed by atoms with Crippen LogP contribution in [0, 0.1) is 0 Å². The summed E-state index contributed by atoms with van der Waals surface area (Å²) in [5.74, 6) is 0.578. The van der Waals surface area contributed by atoms with Crippen molar-refractivity contribution in [2.75, 3.05) is 5.73 Å². The number of thiazole rings is 1. The highest BCUT2D eigenvalue weighted by Gasteiger charge is 2.21. The fourth-order valence-corrected chi connectivity index (χ4v) is 2.37. The molecule has 3 aromatic heterocycles. The average molecular weight is 271 g/mol. The van der Waals surface area contributed by atoms with Gasteiger partial charge in [-0.2, -0.15) is 0 Å². The van der Waals surface area contributed by atoms with Crippen LogP contribution in [0.1, 0.15) is 15.2 Å². The number of carbonyl (C=O) groups is 1. The van der Waals surface area contributed by atoms with Crippen molar-refractivity contribution in [3.8, 4) is 11.3 Å². The van der Waals surface area contributed by atoms with E-state index in [-0.39, 0.29) is 11.6 Å². The van der Waals surface area contributed by atoms with Crippen molar-refractivity contribution in [1.29, 1.82) is 0 Å². The van der Waals surface area contributed by atoms with Gasteiger partial charge in [-0.1, -0.05) is 0 Å². The lowest BCUT2D eigenvalue weighted by molar-refractivity contribution is 0.104. The Morgan fingerprint density at radius 3 is 2.95 bits per heavy atom. The molecule has 0 spiro atoms. The third-order valence-electron chi connectivity index (χ3n) is 2.65. The van der Waals surface area contributed by atoms with Gasteiger partial charge in [0.1, 0.15) is 11.6 Å². The van der Waals surface area contributed by atoms with E-state index in [2.05, 4.69) is 9.97 Å². The van der Waals surface area contributed by atoms with Crippen LogP contribution in [0.2, 0.25) is 0 Å². The molecule has 19 heavy (non-hydrogen) atoms. The van der Waals surface area contributed by atoms with Crippen molar-refractivity contribution in [3.05, 3.63) is 52.8 Å². The first-order valence-corrected chi connectivity index (χ1v) is 6.37. The van der Waals surface area contributed by atoms with Gasteiger partial charge in [0.2, 0.25) is 5.78 Å². The van der Waals surface area contributed by atoms with Crippen molar-refractivity contribution < 1.29 is 9.21 Å². The molecule has 6 heteroatoms. The molecule has 0 aliphatic rings. The number of hydrogen-bond donors (Lipinski definition) is 1. The molecule has 94 valence electrons. The topological polar surface area (TPSA) is 82.0 Å². The van der Waals surface area contributed by atoms with E-state index in [4.69, 9.17) is 10.2 Å². The molecule has 0 aliphatic carbocycles. The number of nitrogens with zero attached hydrogens (tertiary/aromatic N) is 2. The Labute approximate surface area is 112 Å². The van der Waals surface area contributed by atoms with Gasteiger partial charge < -0.3 is 10.2 Å². The summed E-state index contributed by atoms with van der Waals surface area (Å²) in [6, 6.07) is 5.24. The van der Waals surface area contributed by atoms with Crippen LogP contribution in [0.15, 0.2) is 46.8 Å². The largest absolute Gasteiger partial charge is 0.464 e. The van der Waals surface area contributed by atoms with E-state index in [1.165, 1.54) is 17.5 Å². The van der Waals surface area contributed by atoms with Gasteiger partial charge >= 0.3 is 0 Å². The number of carbonyl (C=O) groups excluding carboxylic acids is 1. The Balaban J connectivity index is 2.18. The molecule has 5 nitrogen and oxygen atoms in total. The van der Waals surface area contributed by atoms with Gasteiger partial charge in [0.25, 0.3) is 0 Å². The molecule has 2 N–H and O–H groups in total. The van der Waals surface area contributed by atoms with E-state index in [9.17, 15) is 4.79 Å². The number of anilines is 1. The molecule has 0 fully saturated rings. The predicted octanol–water partition coefficient (Wildman–Crippen LogP) is 2.61. The lowest BCUT2D eigenvalue weighted by Gasteiger charge is -2.07. The maximum atomic E-state index is 12.5. The first kappa shape index (κ1) is 11.6. The molecule has 0 aromatic carbocycles. The van der Waals surface area contributed by atoms with Crippen LogP contribution in [-0.2, 0) is 0 Å². The summed E-state index contributed by atoms with van der Waals surface area (Å²) in [5.41, 5.74) is 8.43. The summed E-state index contributed by atoms with van der Waals surface area (Å²) in [4.78, 5) is 20.9. The number of aromatic nitrogens is 2. The Kier molecular flexibility index (Phi) is 2.85. The van der Waals surface area contributed by atoms with Gasteiger partial charge in [-0.05, 0) is 18.2 Å². The zero-order valence-corrected chi connectivity index (χ0v) is 10.6. The van der Waals surface area contributed by atoms with Crippen LogP contribution in [0.4, 0.5) is 5.82 Å². The normalized spacial score (nSPS) is 10.5. The fraction of sp³-hybridized carbons (Fsp3) is 0. The number of nitrogen functional groups attached to an aromatic ring is 1. The molecule has 0 saturated carbocycles. The Bertz CT molecular complexity index is 706. The van der Waals surface area contributed by atoms with Crippen LogP contribution < -0.4 is 5.73 Å². The lowest BCUT2D eigenvalue weighted by Crippen LogP contribution is -2.07. The summed E-state index contributed by atoms with van der Waals surface area (Å²) in [6.45, 7) is 0. The molecule has 0 bridgehead atoms. The molecule has 0 atom stereocenters. The second-order valence-electron chi connectivity index (χ2n) is 3.79. The van der Waals surface area contributed by atoms with Crippen molar-refractivity contribution in [2.45, 2.75) is 0 Å². The van der Waals surface area contributed by atoms with Crippen molar-refractivity contribution in [2.24, 2.45) is 0 Å². The summed E-state index contributed by atoms with van der Waals surface area (Å²) in [5, 5.41) is 0. The first-order valence-electron chi connectivity index (χ1n) is 5.49. The number of furan rings is 1. The summed E-state index contributed by atoms with van der Waals surface area (Å²) >= 11 is 1.27. The second-order valence-corrected chi connectivity index (χ2v) is 4.68. The van der Waals surface area contributed by atoms with E-state index in [0.29, 0.717) is 21.8 Å². The van der Waals surface area contributed by atoms with Crippen LogP contribution in [0.25, 0.3) is 11.3 Å². The number of ketones is 1. The average Bonchev–Trinajstić information content (AvgIpc) is 3.11. The molecule has 0 aliphatic heterocycles. The van der Waals surface area contributed by atoms with Crippen LogP contribution in [0.5, 0.6) is 0 Å². The van der Waals surface area contributed by atoms with Crippen LogP contribution in [0.3, 0.4) is 0 Å². The van der Waals surface area contributed by atoms with Gasteiger partial charge in [0.05, 0.1) is 22.2 Å². The number of hydrogen-bond acceptors (Lipinski definition) is 6. The Morgan fingerprint density at radius 1 is 1.37 bits per heavy atom. The maximum Gasteiger partial charge on any atom is 0.209 e. The minimum atomic E-state index is -0.195. The summed E-state index contributed by atoms with van der Waals surface area (Å²) in [7, 11) is 0. The van der Waals surface area contributed by atoms with Crippen LogP contribution >= 0.6 is 11.3 Å². The lowest BCUT2D eigenvalue weighted by atomic mass is 10.0. The van der Waals surface area contributed by atoms with Gasteiger partial charge in [0, 0.05) is 18.0 Å². The fourth-order valence-electron chi connectivity index (χ4n) is 1.80. The quantitative estimate of drug-likeness (QED) is 0.740. The zero-order valence-electron chi connectivity index (χ0n) is 9.74. The highest BCUT2D eigenvalue weighted by atomic mass is 32.1. The predicted molar refractivity (Wildman–Crippen MR) is 71.9 cm³/mol. The minimum Gasteiger partial charge on any atom is -0.464 e. The van der Waals surface area contributed by atoms with Gasteiger partial charge in [-0.15, -0.1) is 11.3 Å². The van der Waals surface area contributed by atoms with Crippen molar-refractivity contribution >= 4 is 22.9 Å². The standard InChI is InChI=1S/C13H9N3O2S/c14-13-11(12(17)10-6-15-7-19-10)8(3-4-16-13)9-2-1-5-18-9/h1-7H,(H2,14,16). The molecular weight excluding hydrogens is 262 g/mol. The molecular formula is C13H9N3O2S. The monoisotopic (exact) mass is 271 g/mol. The molecule has 0 amide bonds. The highest BCUT2D eigenvalue weighted by molar-refractivity contribution is 7.12. The molecule has 0 radical (unpaired) electrons. The van der Waals surface area contributed by atoms with Gasteiger partial charge in [-0.25, -0.2) is 4.98 Å². The zero-order chi connectivity index (χ0) is 13.2. The molecule has 0 unspecified atom stereocenters. The molecule has 3 heterocycles. The minimum absolute atomic E-state index is 0.187. The second kappa shape index (κ2) is 4.66. The van der Waals surface area contributed by atoms with Crippen molar-refractivity contribution in [1.82, 2.24) is 9.97 Å². The molecule has 3 rings (SSSR count). The molecule has 3 aromatic rings. The van der Waals surface area contributed by atoms with Gasteiger partial charge in [-0.3, -0.25) is 9.78 Å². The van der Waals surface area contributed by atoms with E-state index in [1.54, 1.807) is 36.2 Å². The number of pyridine rings is 1. The van der Waals surface area contributed by atoms with E-state index in [0.717, 1.165) is 0 Å². The third-order valence-corrected chi connectivity index (χ3v) is 3.42.